The van der Waals surface area contributed by atoms with Crippen LogP contribution in [0.3, 0.4) is 0 Å². The van der Waals surface area contributed by atoms with Gasteiger partial charge in [0.15, 0.2) is 15.7 Å². The molecule has 0 radical (unpaired) electrons. The van der Waals surface area contributed by atoms with Crippen molar-refractivity contribution in [2.24, 2.45) is 22.7 Å². The average Bonchev–Trinajstić information content (AvgIpc) is 3.65. The van der Waals surface area contributed by atoms with E-state index in [1.165, 1.54) is 31.3 Å². The highest BCUT2D eigenvalue weighted by Gasteiger charge is 2.56. The molecule has 9 rings (SSSR count). The standard InChI is InChI=1S/C36H45FN8O3S/c1-23(2)32(25-11-27(12-25)43-9-8-36(18-43)19-49(46,47)20-36)45-16-35(17-45)7-10-44(15-35)33-34(42-41-22-40-33)48-30-6-5-26(37)13-28(30)29-14-38-21-39-31(29)24-3-4-24/h5-6,13-14,21-25,27,32H,3-4,7-12,15-20H2,1-2H3/t25?,27?,32-/m1/s1. The molecule has 4 saturated heterocycles. The van der Waals surface area contributed by atoms with Gasteiger partial charge in [0.05, 0.1) is 17.2 Å². The number of nitrogens with zero attached hydrogens (tertiary/aromatic N) is 8. The second-order valence-electron chi connectivity index (χ2n) is 16.4. The Labute approximate surface area is 287 Å². The number of ether oxygens (including phenoxy) is 1. The van der Waals surface area contributed by atoms with E-state index in [0.29, 0.717) is 64.4 Å². The van der Waals surface area contributed by atoms with Crippen LogP contribution in [0.4, 0.5) is 10.2 Å². The lowest BCUT2D eigenvalue weighted by atomic mass is 9.68. The zero-order valence-electron chi connectivity index (χ0n) is 28.3. The number of hydrogen-bond donors (Lipinski definition) is 0. The number of hydrogen-bond acceptors (Lipinski definition) is 11. The number of halogens is 1. The van der Waals surface area contributed by atoms with Crippen LogP contribution in [0.5, 0.6) is 11.6 Å². The first-order chi connectivity index (χ1) is 23.6. The van der Waals surface area contributed by atoms with Crippen LogP contribution in [0, 0.1) is 28.5 Å². The number of benzene rings is 1. The molecule has 6 fully saturated rings. The molecule has 0 amide bonds. The third-order valence-electron chi connectivity index (χ3n) is 12.3. The van der Waals surface area contributed by atoms with Gasteiger partial charge in [-0.2, -0.15) is 0 Å². The van der Waals surface area contributed by atoms with Gasteiger partial charge in [-0.25, -0.2) is 27.8 Å². The normalized spacial score (nSPS) is 27.6. The van der Waals surface area contributed by atoms with E-state index in [9.17, 15) is 12.8 Å². The molecule has 2 aromatic heterocycles. The van der Waals surface area contributed by atoms with Crippen LogP contribution < -0.4 is 9.64 Å². The summed E-state index contributed by atoms with van der Waals surface area (Å²) >= 11 is 0. The smallest absolute Gasteiger partial charge is 0.282 e. The number of anilines is 1. The SMILES string of the molecule is CC(C)[C@H](C1CC(N2CCC3(C2)CS(=O)(=O)C3)C1)N1CC2(CCN(c3ncnnc3Oc3ccc(F)cc3-c3cncnc3C3CC3)C2)C1. The highest BCUT2D eigenvalue weighted by molar-refractivity contribution is 7.92. The summed E-state index contributed by atoms with van der Waals surface area (Å²) in [4.78, 5) is 21.0. The van der Waals surface area contributed by atoms with E-state index in [1.807, 2.05) is 0 Å². The van der Waals surface area contributed by atoms with E-state index in [4.69, 9.17) is 4.74 Å². The predicted molar refractivity (Wildman–Crippen MR) is 183 cm³/mol. The lowest BCUT2D eigenvalue weighted by Gasteiger charge is -2.57. The average molecular weight is 689 g/mol. The Kier molecular flexibility index (Phi) is 7.52. The van der Waals surface area contributed by atoms with Crippen molar-refractivity contribution in [1.82, 2.24) is 34.9 Å². The lowest BCUT2D eigenvalue weighted by molar-refractivity contribution is -0.0788. The summed E-state index contributed by atoms with van der Waals surface area (Å²) in [5, 5.41) is 8.42. The summed E-state index contributed by atoms with van der Waals surface area (Å²) in [6, 6.07) is 5.68. The summed E-state index contributed by atoms with van der Waals surface area (Å²) in [5.74, 6) is 3.52. The van der Waals surface area contributed by atoms with Gasteiger partial charge in [0.1, 0.15) is 24.2 Å². The second kappa shape index (κ2) is 11.6. The van der Waals surface area contributed by atoms with Gasteiger partial charge in [-0.05, 0) is 75.1 Å². The summed E-state index contributed by atoms with van der Waals surface area (Å²) in [6.45, 7) is 10.6. The van der Waals surface area contributed by atoms with Crippen molar-refractivity contribution in [2.75, 3.05) is 55.7 Å². The topological polar surface area (TPSA) is 118 Å². The number of rotatable bonds is 9. The minimum Gasteiger partial charge on any atom is -0.434 e. The minimum atomic E-state index is -2.79. The molecule has 0 unspecified atom stereocenters. The van der Waals surface area contributed by atoms with Gasteiger partial charge in [-0.1, -0.05) is 13.8 Å². The van der Waals surface area contributed by atoms with Crippen molar-refractivity contribution >= 4 is 15.7 Å². The maximum Gasteiger partial charge on any atom is 0.282 e. The van der Waals surface area contributed by atoms with Crippen molar-refractivity contribution < 1.29 is 17.5 Å². The molecule has 49 heavy (non-hydrogen) atoms. The fraction of sp³-hybridized carbons (Fsp3) is 0.639. The van der Waals surface area contributed by atoms with E-state index in [1.54, 1.807) is 18.6 Å². The third-order valence-corrected chi connectivity index (χ3v) is 14.4. The molecule has 3 aromatic rings. The monoisotopic (exact) mass is 688 g/mol. The number of aromatic nitrogens is 5. The molecule has 13 heteroatoms. The Morgan fingerprint density at radius 2 is 1.76 bits per heavy atom. The zero-order valence-corrected chi connectivity index (χ0v) is 29.2. The fourth-order valence-electron chi connectivity index (χ4n) is 9.96. The molecule has 6 aliphatic rings. The van der Waals surface area contributed by atoms with E-state index in [-0.39, 0.29) is 16.6 Å². The van der Waals surface area contributed by atoms with Crippen LogP contribution >= 0.6 is 0 Å². The molecule has 260 valence electrons. The van der Waals surface area contributed by atoms with Gasteiger partial charge in [-0.15, -0.1) is 10.2 Å². The summed E-state index contributed by atoms with van der Waals surface area (Å²) in [7, 11) is -2.79. The highest BCUT2D eigenvalue weighted by atomic mass is 32.2. The maximum absolute atomic E-state index is 14.6. The molecule has 0 N–H and O–H groups in total. The Morgan fingerprint density at radius 1 is 0.959 bits per heavy atom. The molecule has 2 aliphatic carbocycles. The van der Waals surface area contributed by atoms with E-state index in [0.717, 1.165) is 76.2 Å². The van der Waals surface area contributed by atoms with Crippen molar-refractivity contribution in [1.29, 1.82) is 0 Å². The third kappa shape index (κ3) is 5.79. The van der Waals surface area contributed by atoms with Gasteiger partial charge < -0.3 is 9.64 Å². The van der Waals surface area contributed by atoms with E-state index >= 15 is 0 Å². The van der Waals surface area contributed by atoms with Crippen LogP contribution in [0.1, 0.15) is 64.0 Å². The first kappa shape index (κ1) is 31.7. The van der Waals surface area contributed by atoms with Gasteiger partial charge in [0.2, 0.25) is 0 Å². The van der Waals surface area contributed by atoms with Crippen LogP contribution in [-0.2, 0) is 9.84 Å². The first-order valence-corrected chi connectivity index (χ1v) is 19.8. The lowest BCUT2D eigenvalue weighted by Crippen LogP contribution is -2.65. The number of sulfone groups is 1. The second-order valence-corrected chi connectivity index (χ2v) is 18.4. The molecule has 1 atom stereocenters. The highest BCUT2D eigenvalue weighted by Crippen LogP contribution is 2.50. The molecular formula is C36H45FN8O3S. The van der Waals surface area contributed by atoms with E-state index < -0.39 is 9.84 Å². The van der Waals surface area contributed by atoms with Crippen molar-refractivity contribution in [3.8, 4) is 22.8 Å². The van der Waals surface area contributed by atoms with Gasteiger partial charge in [0, 0.05) is 78.9 Å². The van der Waals surface area contributed by atoms with Crippen molar-refractivity contribution in [2.45, 2.75) is 70.4 Å². The minimum absolute atomic E-state index is 0.0431. The largest absolute Gasteiger partial charge is 0.434 e. The number of likely N-dealkylation sites (tertiary alicyclic amines) is 2. The van der Waals surface area contributed by atoms with Gasteiger partial charge in [-0.3, -0.25) is 9.80 Å². The molecule has 2 saturated carbocycles. The Bertz CT molecular complexity index is 1850. The molecule has 6 heterocycles. The Hall–Kier alpha value is -3.29. The van der Waals surface area contributed by atoms with Crippen molar-refractivity contribution in [3.05, 3.63) is 48.6 Å². The molecule has 4 aliphatic heterocycles. The maximum atomic E-state index is 14.6. The summed E-state index contributed by atoms with van der Waals surface area (Å²) in [6.07, 6.45) is 11.4. The summed E-state index contributed by atoms with van der Waals surface area (Å²) < 4.78 is 44.8. The molecular weight excluding hydrogens is 644 g/mol. The molecule has 11 nitrogen and oxygen atoms in total. The predicted octanol–water partition coefficient (Wildman–Crippen LogP) is 4.57. The Balaban J connectivity index is 0.855. The van der Waals surface area contributed by atoms with Crippen LogP contribution in [0.2, 0.25) is 0 Å². The quantitative estimate of drug-likeness (QED) is 0.315. The zero-order chi connectivity index (χ0) is 33.5. The summed E-state index contributed by atoms with van der Waals surface area (Å²) in [5.41, 5.74) is 2.55. The van der Waals surface area contributed by atoms with Crippen LogP contribution in [-0.4, -0.2) is 106 Å². The van der Waals surface area contributed by atoms with Crippen molar-refractivity contribution in [3.63, 3.8) is 0 Å². The first-order valence-electron chi connectivity index (χ1n) is 18.0. The van der Waals surface area contributed by atoms with Crippen LogP contribution in [0.15, 0.2) is 37.1 Å². The molecule has 0 bridgehead atoms. The van der Waals surface area contributed by atoms with E-state index in [2.05, 4.69) is 53.7 Å². The Morgan fingerprint density at radius 3 is 2.51 bits per heavy atom. The molecule has 2 spiro atoms. The fourth-order valence-corrected chi connectivity index (χ4v) is 12.2. The van der Waals surface area contributed by atoms with Crippen LogP contribution in [0.25, 0.3) is 11.1 Å². The molecule has 1 aromatic carbocycles. The van der Waals surface area contributed by atoms with Gasteiger partial charge >= 0.3 is 0 Å². The van der Waals surface area contributed by atoms with Gasteiger partial charge in [0.25, 0.3) is 5.88 Å².